The number of nitrogens with two attached hydrogens (primary N) is 1. The first-order valence-electron chi connectivity index (χ1n) is 14.8. The molecule has 0 spiro atoms. The minimum atomic E-state index is -1.40. The highest BCUT2D eigenvalue weighted by molar-refractivity contribution is 5.75. The molecule has 0 saturated heterocycles. The summed E-state index contributed by atoms with van der Waals surface area (Å²) >= 11 is 0. The van der Waals surface area contributed by atoms with Crippen molar-refractivity contribution in [3.8, 4) is 11.5 Å². The fraction of sp³-hybridized carbons (Fsp3) is 0.677. The lowest BCUT2D eigenvalue weighted by atomic mass is 9.79. The zero-order valence-electron chi connectivity index (χ0n) is 26.2. The molecular formula is C31H49NO10. The molecule has 0 aliphatic heterocycles. The van der Waals surface area contributed by atoms with Crippen LogP contribution in [0, 0.1) is 23.7 Å². The fourth-order valence-corrected chi connectivity index (χ4v) is 4.03. The van der Waals surface area contributed by atoms with Gasteiger partial charge in [0.1, 0.15) is 12.1 Å². The Kier molecular flexibility index (Phi) is 15.9. The summed E-state index contributed by atoms with van der Waals surface area (Å²) in [5, 5.41) is 9.82. The molecule has 0 aromatic heterocycles. The van der Waals surface area contributed by atoms with Crippen molar-refractivity contribution in [3.63, 3.8) is 0 Å². The monoisotopic (exact) mass is 595 g/mol. The lowest BCUT2D eigenvalue weighted by Crippen LogP contribution is -2.43. The van der Waals surface area contributed by atoms with Crippen LogP contribution in [0.1, 0.15) is 92.6 Å². The number of carbonyl (C=O) groups excluding carboxylic acids is 3. The smallest absolute Gasteiger partial charge is 0.480 e. The second-order valence-corrected chi connectivity index (χ2v) is 11.1. The Hall–Kier alpha value is -3.34. The summed E-state index contributed by atoms with van der Waals surface area (Å²) in [6.07, 6.45) is 0.351. The number of benzene rings is 1. The molecule has 3 N–H and O–H groups in total. The molecule has 42 heavy (non-hydrogen) atoms. The van der Waals surface area contributed by atoms with E-state index in [1.165, 1.54) is 18.2 Å². The molecule has 11 nitrogen and oxygen atoms in total. The van der Waals surface area contributed by atoms with Gasteiger partial charge in [0.05, 0.1) is 19.1 Å². The van der Waals surface area contributed by atoms with E-state index >= 15 is 0 Å². The van der Waals surface area contributed by atoms with Crippen LogP contribution in [0.5, 0.6) is 11.5 Å². The maximum Gasteiger partial charge on any atom is 0.513 e. The van der Waals surface area contributed by atoms with E-state index in [2.05, 4.69) is 0 Å². The molecule has 0 fully saturated rings. The van der Waals surface area contributed by atoms with E-state index in [0.29, 0.717) is 12.0 Å². The van der Waals surface area contributed by atoms with Gasteiger partial charge in [0.25, 0.3) is 0 Å². The largest absolute Gasteiger partial charge is 0.513 e. The van der Waals surface area contributed by atoms with Gasteiger partial charge in [-0.25, -0.2) is 9.59 Å². The van der Waals surface area contributed by atoms with Crippen molar-refractivity contribution in [2.75, 3.05) is 13.2 Å². The normalized spacial score (nSPS) is 16.1. The molecule has 0 aliphatic rings. The van der Waals surface area contributed by atoms with Crippen LogP contribution in [0.4, 0.5) is 9.59 Å². The van der Waals surface area contributed by atoms with Gasteiger partial charge in [-0.1, -0.05) is 73.8 Å². The average molecular weight is 596 g/mol. The molecule has 1 aromatic carbocycles. The van der Waals surface area contributed by atoms with Crippen molar-refractivity contribution in [1.82, 2.24) is 0 Å². The highest BCUT2D eigenvalue weighted by Crippen LogP contribution is 2.37. The zero-order valence-corrected chi connectivity index (χ0v) is 26.2. The maximum absolute atomic E-state index is 12.6. The number of esters is 1. The third kappa shape index (κ3) is 11.9. The van der Waals surface area contributed by atoms with Gasteiger partial charge in [0.15, 0.2) is 11.5 Å². The second-order valence-electron chi connectivity index (χ2n) is 11.1. The lowest BCUT2D eigenvalue weighted by molar-refractivity contribution is -0.155. The number of rotatable bonds is 17. The van der Waals surface area contributed by atoms with Crippen molar-refractivity contribution in [3.05, 3.63) is 23.8 Å². The van der Waals surface area contributed by atoms with Crippen LogP contribution in [0.25, 0.3) is 0 Å². The van der Waals surface area contributed by atoms with E-state index in [4.69, 9.17) is 29.4 Å². The zero-order chi connectivity index (χ0) is 32.0. The van der Waals surface area contributed by atoms with Gasteiger partial charge in [0.2, 0.25) is 0 Å². The standard InChI is InChI=1S/C31H49NO10/c1-9-12-20(6)29(35)40-22(8)21(7)26(27(32)28(33)34)23-13-14-24(41-30(36)38-16-18(4)10-2)25(15-23)42-31(37)39-17-19(5)11-3/h13-15,18-22,26-27H,9-12,16-17,32H2,1-8H3,(H,33,34)/t18?,19?,20?,21?,22?,26?,27-/m0/s1. The molecule has 1 rings (SSSR count). The first-order valence-corrected chi connectivity index (χ1v) is 14.8. The van der Waals surface area contributed by atoms with E-state index in [1.807, 2.05) is 34.6 Å². The number of carboxylic acids is 1. The van der Waals surface area contributed by atoms with E-state index in [0.717, 1.165) is 19.3 Å². The number of aliphatic carboxylic acids is 1. The topological polar surface area (TPSA) is 161 Å². The van der Waals surface area contributed by atoms with Gasteiger partial charge in [-0.05, 0) is 42.9 Å². The van der Waals surface area contributed by atoms with Crippen LogP contribution in [0.3, 0.4) is 0 Å². The Morgan fingerprint density at radius 1 is 0.833 bits per heavy atom. The minimum absolute atomic E-state index is 0.0955. The summed E-state index contributed by atoms with van der Waals surface area (Å²) in [6, 6.07) is 2.87. The molecule has 238 valence electrons. The first-order chi connectivity index (χ1) is 19.7. The van der Waals surface area contributed by atoms with Crippen LogP contribution in [-0.2, 0) is 23.8 Å². The summed E-state index contributed by atoms with van der Waals surface area (Å²) in [7, 11) is 0. The van der Waals surface area contributed by atoms with Crippen molar-refractivity contribution in [1.29, 1.82) is 0 Å². The summed E-state index contributed by atoms with van der Waals surface area (Å²) in [4.78, 5) is 49.5. The maximum atomic E-state index is 12.6. The van der Waals surface area contributed by atoms with Gasteiger partial charge >= 0.3 is 24.2 Å². The van der Waals surface area contributed by atoms with E-state index in [9.17, 15) is 24.3 Å². The first kappa shape index (κ1) is 36.7. The average Bonchev–Trinajstić information content (AvgIpc) is 2.95. The van der Waals surface area contributed by atoms with E-state index in [-0.39, 0.29) is 48.4 Å². The van der Waals surface area contributed by atoms with Gasteiger partial charge in [-0.3, -0.25) is 9.59 Å². The second kappa shape index (κ2) is 18.3. The van der Waals surface area contributed by atoms with Crippen molar-refractivity contribution < 1.29 is 48.0 Å². The van der Waals surface area contributed by atoms with E-state index < -0.39 is 42.3 Å². The van der Waals surface area contributed by atoms with Gasteiger partial charge in [0, 0.05) is 11.8 Å². The number of hydrogen-bond donors (Lipinski definition) is 2. The third-order valence-electron chi connectivity index (χ3n) is 7.51. The summed E-state index contributed by atoms with van der Waals surface area (Å²) in [5.74, 6) is -3.50. The predicted octanol–water partition coefficient (Wildman–Crippen LogP) is 6.31. The SMILES string of the molecule is CCCC(C)C(=O)OC(C)C(C)C(c1ccc(OC(=O)OCC(C)CC)c(OC(=O)OCC(C)CC)c1)[C@H](N)C(=O)O. The molecule has 7 atom stereocenters. The number of carbonyl (C=O) groups is 4. The van der Waals surface area contributed by atoms with Gasteiger partial charge in [-0.2, -0.15) is 0 Å². The van der Waals surface area contributed by atoms with Crippen LogP contribution in [-0.4, -0.2) is 54.7 Å². The summed E-state index contributed by atoms with van der Waals surface area (Å²) in [6.45, 7) is 15.1. The van der Waals surface area contributed by atoms with Gasteiger partial charge in [-0.15, -0.1) is 0 Å². The number of carboxylic acid groups (broad SMARTS) is 1. The number of hydrogen-bond acceptors (Lipinski definition) is 10. The van der Waals surface area contributed by atoms with Crippen molar-refractivity contribution >= 4 is 24.2 Å². The van der Waals surface area contributed by atoms with Crippen LogP contribution in [0.15, 0.2) is 18.2 Å². The number of ether oxygens (including phenoxy) is 5. The molecule has 1 aromatic rings. The highest BCUT2D eigenvalue weighted by atomic mass is 16.7. The quantitative estimate of drug-likeness (QED) is 0.118. The van der Waals surface area contributed by atoms with E-state index in [1.54, 1.807) is 20.8 Å². The molecule has 11 heteroatoms. The van der Waals surface area contributed by atoms with Crippen molar-refractivity contribution in [2.24, 2.45) is 29.4 Å². The Bertz CT molecular complexity index is 1030. The van der Waals surface area contributed by atoms with Gasteiger partial charge < -0.3 is 34.5 Å². The third-order valence-corrected chi connectivity index (χ3v) is 7.51. The fourth-order valence-electron chi connectivity index (χ4n) is 4.03. The molecular weight excluding hydrogens is 546 g/mol. The minimum Gasteiger partial charge on any atom is -0.480 e. The molecule has 6 unspecified atom stereocenters. The lowest BCUT2D eigenvalue weighted by Gasteiger charge is -2.32. The molecule has 0 amide bonds. The highest BCUT2D eigenvalue weighted by Gasteiger charge is 2.36. The molecule has 0 aliphatic carbocycles. The van der Waals surface area contributed by atoms with Crippen LogP contribution >= 0.6 is 0 Å². The van der Waals surface area contributed by atoms with Crippen molar-refractivity contribution in [2.45, 2.75) is 99.1 Å². The van der Waals surface area contributed by atoms with Crippen LogP contribution < -0.4 is 15.2 Å². The molecule has 0 heterocycles. The Morgan fingerprint density at radius 2 is 1.36 bits per heavy atom. The summed E-state index contributed by atoms with van der Waals surface area (Å²) < 4.78 is 26.8. The van der Waals surface area contributed by atoms with Crippen LogP contribution in [0.2, 0.25) is 0 Å². The Balaban J connectivity index is 3.40. The Morgan fingerprint density at radius 3 is 1.83 bits per heavy atom. The summed E-state index contributed by atoms with van der Waals surface area (Å²) in [5.41, 5.74) is 6.51. The molecule has 0 radical (unpaired) electrons. The predicted molar refractivity (Wildman–Crippen MR) is 156 cm³/mol. The molecule has 0 bridgehead atoms. The molecule has 0 saturated carbocycles. The Labute approximate surface area is 249 Å².